The van der Waals surface area contributed by atoms with E-state index in [1.165, 1.54) is 6.07 Å². The van der Waals surface area contributed by atoms with Crippen molar-refractivity contribution in [1.82, 2.24) is 4.90 Å². The zero-order valence-electron chi connectivity index (χ0n) is 15.9. The lowest BCUT2D eigenvalue weighted by Crippen LogP contribution is -2.49. The highest BCUT2D eigenvalue weighted by atomic mass is 35.5. The Bertz CT molecular complexity index is 1110. The summed E-state index contributed by atoms with van der Waals surface area (Å²) in [5.74, 6) is -0.290. The van der Waals surface area contributed by atoms with Gasteiger partial charge < -0.3 is 14.4 Å². The third kappa shape index (κ3) is 4.07. The van der Waals surface area contributed by atoms with Crippen LogP contribution < -0.4 is 5.43 Å². The van der Waals surface area contributed by atoms with Gasteiger partial charge in [-0.15, -0.1) is 0 Å². The Morgan fingerprint density at radius 3 is 2.79 bits per heavy atom. The minimum absolute atomic E-state index is 0.0326. The van der Waals surface area contributed by atoms with Crippen molar-refractivity contribution in [2.24, 2.45) is 5.41 Å². The van der Waals surface area contributed by atoms with Crippen molar-refractivity contribution in [2.45, 2.75) is 19.3 Å². The summed E-state index contributed by atoms with van der Waals surface area (Å²) in [4.78, 5) is 27.1. The molecular formula is C23H22ClNO4. The summed E-state index contributed by atoms with van der Waals surface area (Å²) in [6, 6.07) is 15.7. The number of hydrogen-bond donors (Lipinski definition) is 1. The maximum atomic E-state index is 13.1. The van der Waals surface area contributed by atoms with Crippen molar-refractivity contribution in [3.8, 4) is 0 Å². The quantitative estimate of drug-likeness (QED) is 0.706. The summed E-state index contributed by atoms with van der Waals surface area (Å²) >= 11 is 6.10. The van der Waals surface area contributed by atoms with Crippen molar-refractivity contribution < 1.29 is 14.3 Å². The maximum Gasteiger partial charge on any atom is 0.289 e. The van der Waals surface area contributed by atoms with E-state index in [2.05, 4.69) is 0 Å². The molecule has 1 fully saturated rings. The second kappa shape index (κ2) is 8.01. The van der Waals surface area contributed by atoms with Gasteiger partial charge in [0.1, 0.15) is 5.58 Å². The molecule has 150 valence electrons. The summed E-state index contributed by atoms with van der Waals surface area (Å²) in [5.41, 5.74) is 0.737. The Kier molecular flexibility index (Phi) is 5.43. The zero-order chi connectivity index (χ0) is 20.4. The van der Waals surface area contributed by atoms with Crippen LogP contribution in [0.15, 0.2) is 63.8 Å². The van der Waals surface area contributed by atoms with Gasteiger partial charge in [0.05, 0.1) is 12.0 Å². The van der Waals surface area contributed by atoms with Gasteiger partial charge in [-0.2, -0.15) is 0 Å². The summed E-state index contributed by atoms with van der Waals surface area (Å²) in [6.45, 7) is 0.920. The molecular weight excluding hydrogens is 390 g/mol. The van der Waals surface area contributed by atoms with Crippen molar-refractivity contribution in [2.75, 3.05) is 19.7 Å². The molecule has 1 aliphatic heterocycles. The van der Waals surface area contributed by atoms with Crippen LogP contribution in [0.4, 0.5) is 0 Å². The number of fused-ring (bicyclic) bond motifs is 1. The van der Waals surface area contributed by atoms with E-state index >= 15 is 0 Å². The molecule has 0 saturated carbocycles. The fraction of sp³-hybridized carbons (Fsp3) is 0.304. The minimum Gasteiger partial charge on any atom is -0.451 e. The molecule has 0 unspecified atom stereocenters. The second-order valence-electron chi connectivity index (χ2n) is 7.77. The van der Waals surface area contributed by atoms with Gasteiger partial charge >= 0.3 is 0 Å². The van der Waals surface area contributed by atoms with Crippen LogP contribution in [0.1, 0.15) is 29.0 Å². The molecule has 1 aliphatic rings. The Labute approximate surface area is 173 Å². The highest BCUT2D eigenvalue weighted by Crippen LogP contribution is 2.34. The van der Waals surface area contributed by atoms with E-state index in [1.54, 1.807) is 29.2 Å². The van der Waals surface area contributed by atoms with Crippen LogP contribution >= 0.6 is 11.6 Å². The topological polar surface area (TPSA) is 70.8 Å². The molecule has 0 radical (unpaired) electrons. The standard InChI is InChI=1S/C23H22ClNO4/c24-17-6-3-5-16(11-17)13-23(15-26)9-4-10-25(14-23)22(28)21-12-19(27)18-7-1-2-8-20(18)29-21/h1-3,5-8,11-12,26H,4,9-10,13-15H2/t23-/m0/s1. The predicted octanol–water partition coefficient (Wildman–Crippen LogP) is 3.90. The number of nitrogens with zero attached hydrogens (tertiary/aromatic N) is 1. The highest BCUT2D eigenvalue weighted by Gasteiger charge is 2.37. The molecule has 2 aromatic carbocycles. The molecule has 1 saturated heterocycles. The van der Waals surface area contributed by atoms with Gasteiger partial charge in [0, 0.05) is 29.6 Å². The van der Waals surface area contributed by atoms with Gasteiger partial charge in [-0.05, 0) is 49.1 Å². The molecule has 6 heteroatoms. The number of amides is 1. The van der Waals surface area contributed by atoms with Gasteiger partial charge in [0.25, 0.3) is 5.91 Å². The molecule has 4 rings (SSSR count). The van der Waals surface area contributed by atoms with E-state index in [0.29, 0.717) is 35.5 Å². The summed E-state index contributed by atoms with van der Waals surface area (Å²) in [6.07, 6.45) is 2.20. The lowest BCUT2D eigenvalue weighted by molar-refractivity contribution is 0.0253. The first-order valence-electron chi connectivity index (χ1n) is 9.67. The molecule has 0 aliphatic carbocycles. The van der Waals surface area contributed by atoms with E-state index in [1.807, 2.05) is 24.3 Å². The Hall–Kier alpha value is -2.63. The number of likely N-dealkylation sites (tertiary alicyclic amines) is 1. The normalized spacial score (nSPS) is 19.4. The smallest absolute Gasteiger partial charge is 0.289 e. The monoisotopic (exact) mass is 411 g/mol. The Balaban J connectivity index is 1.60. The number of carbonyl (C=O) groups excluding carboxylic acids is 1. The number of aliphatic hydroxyl groups excluding tert-OH is 1. The number of hydrogen-bond acceptors (Lipinski definition) is 4. The summed E-state index contributed by atoms with van der Waals surface area (Å²) in [7, 11) is 0. The van der Waals surface area contributed by atoms with Crippen molar-refractivity contribution in [3.63, 3.8) is 0 Å². The number of aliphatic hydroxyl groups is 1. The van der Waals surface area contributed by atoms with Crippen LogP contribution in [0.25, 0.3) is 11.0 Å². The van der Waals surface area contributed by atoms with E-state index in [0.717, 1.165) is 18.4 Å². The fourth-order valence-corrected chi connectivity index (χ4v) is 4.37. The summed E-state index contributed by atoms with van der Waals surface area (Å²) in [5, 5.41) is 11.3. The van der Waals surface area contributed by atoms with Gasteiger partial charge in [-0.3, -0.25) is 9.59 Å². The minimum atomic E-state index is -0.449. The van der Waals surface area contributed by atoms with E-state index < -0.39 is 5.41 Å². The molecule has 0 spiro atoms. The number of piperidine rings is 1. The third-order valence-corrected chi connectivity index (χ3v) is 5.83. The lowest BCUT2D eigenvalue weighted by Gasteiger charge is -2.41. The van der Waals surface area contributed by atoms with Crippen LogP contribution in [0.3, 0.4) is 0 Å². The fourth-order valence-electron chi connectivity index (χ4n) is 4.16. The van der Waals surface area contributed by atoms with Gasteiger partial charge in [0.15, 0.2) is 11.2 Å². The highest BCUT2D eigenvalue weighted by molar-refractivity contribution is 6.30. The molecule has 5 nitrogen and oxygen atoms in total. The van der Waals surface area contributed by atoms with Crippen LogP contribution in [0.2, 0.25) is 5.02 Å². The Morgan fingerprint density at radius 1 is 1.17 bits per heavy atom. The van der Waals surface area contributed by atoms with Crippen LogP contribution in [0.5, 0.6) is 0 Å². The molecule has 29 heavy (non-hydrogen) atoms. The van der Waals surface area contributed by atoms with Crippen LogP contribution in [-0.4, -0.2) is 35.6 Å². The predicted molar refractivity (Wildman–Crippen MR) is 112 cm³/mol. The average molecular weight is 412 g/mol. The molecule has 2 heterocycles. The number of para-hydroxylation sites is 1. The van der Waals surface area contributed by atoms with Crippen molar-refractivity contribution in [1.29, 1.82) is 0 Å². The van der Waals surface area contributed by atoms with Gasteiger partial charge in [-0.25, -0.2) is 0 Å². The van der Waals surface area contributed by atoms with Gasteiger partial charge in [-0.1, -0.05) is 35.9 Å². The number of carbonyl (C=O) groups is 1. The molecule has 1 amide bonds. The largest absolute Gasteiger partial charge is 0.451 e. The number of benzene rings is 2. The summed E-state index contributed by atoms with van der Waals surface area (Å²) < 4.78 is 5.72. The number of halogens is 1. The lowest BCUT2D eigenvalue weighted by atomic mass is 9.75. The average Bonchev–Trinajstić information content (AvgIpc) is 2.73. The van der Waals surface area contributed by atoms with Crippen molar-refractivity contribution in [3.05, 3.63) is 81.2 Å². The second-order valence-corrected chi connectivity index (χ2v) is 8.20. The van der Waals surface area contributed by atoms with E-state index in [-0.39, 0.29) is 23.7 Å². The molecule has 0 bridgehead atoms. The van der Waals surface area contributed by atoms with E-state index in [9.17, 15) is 14.7 Å². The zero-order valence-corrected chi connectivity index (χ0v) is 16.7. The SMILES string of the molecule is O=C(c1cc(=O)c2ccccc2o1)N1CCC[C@](CO)(Cc2cccc(Cl)c2)C1. The first-order valence-corrected chi connectivity index (χ1v) is 10.0. The van der Waals surface area contributed by atoms with Crippen LogP contribution in [-0.2, 0) is 6.42 Å². The first-order chi connectivity index (χ1) is 14.0. The molecule has 1 N–H and O–H groups in total. The van der Waals surface area contributed by atoms with E-state index in [4.69, 9.17) is 16.0 Å². The Morgan fingerprint density at radius 2 is 2.00 bits per heavy atom. The molecule has 3 aromatic rings. The first kappa shape index (κ1) is 19.7. The van der Waals surface area contributed by atoms with Gasteiger partial charge in [0.2, 0.25) is 0 Å². The van der Waals surface area contributed by atoms with Crippen LogP contribution in [0, 0.1) is 5.41 Å². The maximum absolute atomic E-state index is 13.1. The molecule has 1 atom stereocenters. The van der Waals surface area contributed by atoms with Crippen molar-refractivity contribution >= 4 is 28.5 Å². The molecule has 1 aromatic heterocycles. The number of rotatable bonds is 4. The third-order valence-electron chi connectivity index (χ3n) is 5.60.